The number of hydrogen-bond donors (Lipinski definition) is 1. The maximum Gasteiger partial charge on any atom is 0.0586 e. The molecule has 2 unspecified atom stereocenters. The number of methoxy groups -OCH3 is 1. The highest BCUT2D eigenvalue weighted by atomic mass is 16.5. The van der Waals surface area contributed by atoms with Gasteiger partial charge in [0.15, 0.2) is 0 Å². The van der Waals surface area contributed by atoms with Crippen molar-refractivity contribution in [2.45, 2.75) is 31.4 Å². The average Bonchev–Trinajstić information content (AvgIpc) is 2.67. The van der Waals surface area contributed by atoms with Gasteiger partial charge in [-0.2, -0.15) is 0 Å². The quantitative estimate of drug-likeness (QED) is 0.675. The molecule has 1 saturated heterocycles. The molecule has 1 heterocycles. The van der Waals surface area contributed by atoms with Crippen LogP contribution in [0.3, 0.4) is 0 Å². The average molecular weight is 184 g/mol. The van der Waals surface area contributed by atoms with Crippen LogP contribution in [0, 0.1) is 0 Å². The van der Waals surface area contributed by atoms with Crippen LogP contribution in [0.25, 0.3) is 0 Å². The van der Waals surface area contributed by atoms with Crippen LogP contribution in [0.4, 0.5) is 0 Å². The van der Waals surface area contributed by atoms with E-state index in [4.69, 9.17) is 4.74 Å². The molecule has 0 amide bonds. The van der Waals surface area contributed by atoms with Gasteiger partial charge in [0.1, 0.15) is 0 Å². The lowest BCUT2D eigenvalue weighted by atomic mass is 10.2. The highest BCUT2D eigenvalue weighted by Crippen LogP contribution is 2.25. The lowest BCUT2D eigenvalue weighted by Gasteiger charge is -2.32. The molecule has 0 aromatic carbocycles. The minimum Gasteiger partial charge on any atom is -0.381 e. The monoisotopic (exact) mass is 184 g/mol. The zero-order valence-electron chi connectivity index (χ0n) is 8.46. The Morgan fingerprint density at radius 2 is 2.00 bits per heavy atom. The second-order valence-electron chi connectivity index (χ2n) is 4.11. The van der Waals surface area contributed by atoms with Crippen LogP contribution in [0.15, 0.2) is 0 Å². The van der Waals surface area contributed by atoms with Gasteiger partial charge in [-0.3, -0.25) is 4.90 Å². The summed E-state index contributed by atoms with van der Waals surface area (Å²) >= 11 is 0. The molecular formula is C10H20N2O. The Hall–Kier alpha value is -0.120. The topological polar surface area (TPSA) is 24.5 Å². The molecule has 76 valence electrons. The number of rotatable bonds is 2. The van der Waals surface area contributed by atoms with E-state index in [9.17, 15) is 0 Å². The number of ether oxygens (including phenoxy) is 1. The standard InChI is InChI=1S/C10H20N2O/c1-13-10-3-2-9(8-10)12-6-4-11-5-7-12/h9-11H,2-8H2,1H3. The van der Waals surface area contributed by atoms with Gasteiger partial charge in [0.2, 0.25) is 0 Å². The SMILES string of the molecule is COC1CCC(N2CCNCC2)C1. The molecule has 3 heteroatoms. The van der Waals surface area contributed by atoms with Gasteiger partial charge in [-0.25, -0.2) is 0 Å². The second kappa shape index (κ2) is 4.40. The lowest BCUT2D eigenvalue weighted by Crippen LogP contribution is -2.47. The zero-order valence-corrected chi connectivity index (χ0v) is 8.46. The van der Waals surface area contributed by atoms with Gasteiger partial charge in [0, 0.05) is 39.3 Å². The number of nitrogens with one attached hydrogen (secondary N) is 1. The van der Waals surface area contributed by atoms with Crippen molar-refractivity contribution in [2.24, 2.45) is 0 Å². The van der Waals surface area contributed by atoms with Crippen molar-refractivity contribution in [2.75, 3.05) is 33.3 Å². The molecule has 1 N–H and O–H groups in total. The van der Waals surface area contributed by atoms with E-state index in [0.717, 1.165) is 19.1 Å². The molecule has 3 nitrogen and oxygen atoms in total. The molecule has 0 aromatic rings. The molecule has 2 fully saturated rings. The highest BCUT2D eigenvalue weighted by molar-refractivity contribution is 4.85. The fourth-order valence-corrected chi connectivity index (χ4v) is 2.51. The van der Waals surface area contributed by atoms with Gasteiger partial charge in [0.05, 0.1) is 6.10 Å². The van der Waals surface area contributed by atoms with E-state index in [0.29, 0.717) is 6.10 Å². The summed E-state index contributed by atoms with van der Waals surface area (Å²) in [6.07, 6.45) is 4.36. The van der Waals surface area contributed by atoms with Gasteiger partial charge in [0.25, 0.3) is 0 Å². The lowest BCUT2D eigenvalue weighted by molar-refractivity contribution is 0.0941. The van der Waals surface area contributed by atoms with Crippen LogP contribution in [0.5, 0.6) is 0 Å². The fraction of sp³-hybridized carbons (Fsp3) is 1.00. The van der Waals surface area contributed by atoms with Crippen LogP contribution < -0.4 is 5.32 Å². The molecule has 2 atom stereocenters. The molecule has 1 saturated carbocycles. The molecule has 0 bridgehead atoms. The van der Waals surface area contributed by atoms with Crippen molar-refractivity contribution in [3.63, 3.8) is 0 Å². The third kappa shape index (κ3) is 2.22. The maximum absolute atomic E-state index is 5.39. The highest BCUT2D eigenvalue weighted by Gasteiger charge is 2.29. The van der Waals surface area contributed by atoms with Crippen LogP contribution in [-0.2, 0) is 4.74 Å². The summed E-state index contributed by atoms with van der Waals surface area (Å²) in [6, 6.07) is 0.798. The van der Waals surface area contributed by atoms with Gasteiger partial charge in [-0.05, 0) is 19.3 Å². The summed E-state index contributed by atoms with van der Waals surface area (Å²) < 4.78 is 5.39. The predicted molar refractivity (Wildman–Crippen MR) is 52.9 cm³/mol. The van der Waals surface area contributed by atoms with E-state index in [1.165, 1.54) is 32.4 Å². The maximum atomic E-state index is 5.39. The van der Waals surface area contributed by atoms with Crippen molar-refractivity contribution in [1.82, 2.24) is 10.2 Å². The molecule has 2 rings (SSSR count). The molecule has 0 radical (unpaired) electrons. The Bertz CT molecular complexity index is 157. The summed E-state index contributed by atoms with van der Waals surface area (Å²) in [6.45, 7) is 4.77. The Morgan fingerprint density at radius 3 is 2.62 bits per heavy atom. The van der Waals surface area contributed by atoms with Crippen molar-refractivity contribution >= 4 is 0 Å². The summed E-state index contributed by atoms with van der Waals surface area (Å²) in [5, 5.41) is 3.39. The predicted octanol–water partition coefficient (Wildman–Crippen LogP) is 0.459. The molecule has 13 heavy (non-hydrogen) atoms. The Morgan fingerprint density at radius 1 is 1.23 bits per heavy atom. The first kappa shape index (κ1) is 9.44. The third-order valence-corrected chi connectivity index (χ3v) is 3.36. The van der Waals surface area contributed by atoms with Crippen molar-refractivity contribution < 1.29 is 4.74 Å². The van der Waals surface area contributed by atoms with Crippen LogP contribution in [0.1, 0.15) is 19.3 Å². The fourth-order valence-electron chi connectivity index (χ4n) is 2.51. The van der Waals surface area contributed by atoms with Crippen molar-refractivity contribution in [3.8, 4) is 0 Å². The smallest absolute Gasteiger partial charge is 0.0586 e. The van der Waals surface area contributed by atoms with Gasteiger partial charge in [-0.15, -0.1) is 0 Å². The van der Waals surface area contributed by atoms with Gasteiger partial charge >= 0.3 is 0 Å². The number of nitrogens with zero attached hydrogens (tertiary/aromatic N) is 1. The van der Waals surface area contributed by atoms with E-state index < -0.39 is 0 Å². The molecule has 1 aliphatic carbocycles. The van der Waals surface area contributed by atoms with Crippen molar-refractivity contribution in [1.29, 1.82) is 0 Å². The Labute approximate surface area is 80.4 Å². The van der Waals surface area contributed by atoms with E-state index in [-0.39, 0.29) is 0 Å². The molecule has 1 aliphatic heterocycles. The first-order valence-corrected chi connectivity index (χ1v) is 5.37. The first-order valence-electron chi connectivity index (χ1n) is 5.37. The minimum atomic E-state index is 0.528. The summed E-state index contributed by atoms with van der Waals surface area (Å²) in [5.41, 5.74) is 0. The van der Waals surface area contributed by atoms with Crippen LogP contribution in [-0.4, -0.2) is 50.3 Å². The third-order valence-electron chi connectivity index (χ3n) is 3.36. The normalized spacial score (nSPS) is 36.7. The van der Waals surface area contributed by atoms with Gasteiger partial charge in [-0.1, -0.05) is 0 Å². The molecule has 0 spiro atoms. The largest absolute Gasteiger partial charge is 0.381 e. The molecular weight excluding hydrogens is 164 g/mol. The van der Waals surface area contributed by atoms with Crippen LogP contribution >= 0.6 is 0 Å². The number of piperazine rings is 1. The van der Waals surface area contributed by atoms with Crippen LogP contribution in [0.2, 0.25) is 0 Å². The summed E-state index contributed by atoms with van der Waals surface area (Å²) in [4.78, 5) is 2.62. The Balaban J connectivity index is 1.80. The molecule has 2 aliphatic rings. The first-order chi connectivity index (χ1) is 6.40. The zero-order chi connectivity index (χ0) is 9.10. The van der Waals surface area contributed by atoms with E-state index >= 15 is 0 Å². The van der Waals surface area contributed by atoms with E-state index in [2.05, 4.69) is 10.2 Å². The number of hydrogen-bond acceptors (Lipinski definition) is 3. The van der Waals surface area contributed by atoms with Crippen molar-refractivity contribution in [3.05, 3.63) is 0 Å². The summed E-state index contributed by atoms with van der Waals surface area (Å²) in [5.74, 6) is 0. The summed E-state index contributed by atoms with van der Waals surface area (Å²) in [7, 11) is 1.84. The second-order valence-corrected chi connectivity index (χ2v) is 4.11. The van der Waals surface area contributed by atoms with Gasteiger partial charge < -0.3 is 10.1 Å². The Kier molecular flexibility index (Phi) is 3.19. The minimum absolute atomic E-state index is 0.528. The van der Waals surface area contributed by atoms with E-state index in [1.54, 1.807) is 0 Å². The molecule has 0 aromatic heterocycles. The van der Waals surface area contributed by atoms with E-state index in [1.807, 2.05) is 7.11 Å².